The monoisotopic (exact) mass is 294 g/mol. The molecule has 0 spiro atoms. The van der Waals surface area contributed by atoms with Gasteiger partial charge in [-0.3, -0.25) is 0 Å². The van der Waals surface area contributed by atoms with Crippen LogP contribution >= 0.6 is 0 Å². The van der Waals surface area contributed by atoms with E-state index in [2.05, 4.69) is 10.6 Å². The van der Waals surface area contributed by atoms with Crippen LogP contribution in [-0.2, 0) is 0 Å². The zero-order valence-electron chi connectivity index (χ0n) is 13.3. The van der Waals surface area contributed by atoms with E-state index in [9.17, 15) is 9.90 Å². The summed E-state index contributed by atoms with van der Waals surface area (Å²) < 4.78 is 5.17. The van der Waals surface area contributed by atoms with E-state index >= 15 is 0 Å². The summed E-state index contributed by atoms with van der Waals surface area (Å²) in [5.74, 6) is 0.999. The van der Waals surface area contributed by atoms with Gasteiger partial charge in [-0.15, -0.1) is 0 Å². The zero-order chi connectivity index (χ0) is 15.8. The number of urea groups is 1. The Morgan fingerprint density at radius 2 is 2.00 bits per heavy atom. The molecule has 5 nitrogen and oxygen atoms in total. The third kappa shape index (κ3) is 5.27. The summed E-state index contributed by atoms with van der Waals surface area (Å²) in [4.78, 5) is 11.8. The first-order chi connectivity index (χ1) is 10.0. The second kappa shape index (κ2) is 8.52. The molecule has 3 N–H and O–H groups in total. The quantitative estimate of drug-likeness (QED) is 0.724. The van der Waals surface area contributed by atoms with E-state index in [0.29, 0.717) is 5.69 Å². The fourth-order valence-corrected chi connectivity index (χ4v) is 2.33. The molecule has 1 rings (SSSR count). The van der Waals surface area contributed by atoms with Crippen LogP contribution in [0.15, 0.2) is 18.2 Å². The molecule has 0 saturated carbocycles. The van der Waals surface area contributed by atoms with Crippen molar-refractivity contribution < 1.29 is 14.6 Å². The van der Waals surface area contributed by atoms with E-state index in [4.69, 9.17) is 4.74 Å². The van der Waals surface area contributed by atoms with Crippen molar-refractivity contribution >= 4 is 11.7 Å². The van der Waals surface area contributed by atoms with Gasteiger partial charge in [0.25, 0.3) is 0 Å². The molecule has 0 bridgehead atoms. The van der Waals surface area contributed by atoms with E-state index in [-0.39, 0.29) is 18.5 Å². The standard InChI is InChI=1S/C16H26N2O3/c1-5-12(6-2)14(19)10-17-16(20)18-13-7-8-15(21-4)11(3)9-13/h7-9,12,14,19H,5-6,10H2,1-4H3,(H2,17,18,20). The Kier molecular flexibility index (Phi) is 7.02. The number of carbonyl (C=O) groups is 1. The fourth-order valence-electron chi connectivity index (χ4n) is 2.33. The van der Waals surface area contributed by atoms with Gasteiger partial charge in [-0.05, 0) is 36.6 Å². The maximum atomic E-state index is 11.8. The lowest BCUT2D eigenvalue weighted by Crippen LogP contribution is -2.38. The van der Waals surface area contributed by atoms with Gasteiger partial charge in [0.1, 0.15) is 5.75 Å². The number of hydrogen-bond donors (Lipinski definition) is 3. The summed E-state index contributed by atoms with van der Waals surface area (Å²) in [6.45, 7) is 6.25. The van der Waals surface area contributed by atoms with E-state index in [1.165, 1.54) is 0 Å². The molecule has 2 amide bonds. The first-order valence-corrected chi connectivity index (χ1v) is 7.39. The number of carbonyl (C=O) groups excluding carboxylic acids is 1. The highest BCUT2D eigenvalue weighted by molar-refractivity contribution is 5.89. The van der Waals surface area contributed by atoms with Crippen LogP contribution < -0.4 is 15.4 Å². The van der Waals surface area contributed by atoms with Gasteiger partial charge in [-0.2, -0.15) is 0 Å². The van der Waals surface area contributed by atoms with Crippen molar-refractivity contribution in [3.8, 4) is 5.75 Å². The number of hydrogen-bond acceptors (Lipinski definition) is 3. The number of benzene rings is 1. The topological polar surface area (TPSA) is 70.6 Å². The number of amides is 2. The van der Waals surface area contributed by atoms with Crippen LogP contribution in [0.5, 0.6) is 5.75 Å². The number of ether oxygens (including phenoxy) is 1. The molecule has 1 aromatic carbocycles. The third-order valence-corrected chi connectivity index (χ3v) is 3.72. The number of rotatable bonds is 7. The van der Waals surface area contributed by atoms with Gasteiger partial charge in [-0.1, -0.05) is 26.7 Å². The Balaban J connectivity index is 2.49. The molecule has 0 aliphatic heterocycles. The summed E-state index contributed by atoms with van der Waals surface area (Å²) >= 11 is 0. The van der Waals surface area contributed by atoms with Crippen molar-refractivity contribution in [2.45, 2.75) is 39.7 Å². The van der Waals surface area contributed by atoms with Crippen LogP contribution in [-0.4, -0.2) is 30.9 Å². The molecule has 0 aliphatic carbocycles. The van der Waals surface area contributed by atoms with Crippen molar-refractivity contribution in [3.63, 3.8) is 0 Å². The van der Waals surface area contributed by atoms with Gasteiger partial charge in [0.15, 0.2) is 0 Å². The van der Waals surface area contributed by atoms with E-state index in [1.807, 2.05) is 32.9 Å². The lowest BCUT2D eigenvalue weighted by molar-refractivity contribution is 0.104. The number of nitrogens with one attached hydrogen (secondary N) is 2. The normalized spacial score (nSPS) is 12.1. The highest BCUT2D eigenvalue weighted by atomic mass is 16.5. The lowest BCUT2D eigenvalue weighted by atomic mass is 9.97. The lowest BCUT2D eigenvalue weighted by Gasteiger charge is -2.20. The number of aryl methyl sites for hydroxylation is 1. The first kappa shape index (κ1) is 17.3. The highest BCUT2D eigenvalue weighted by Crippen LogP contribution is 2.21. The maximum absolute atomic E-state index is 11.8. The van der Waals surface area contributed by atoms with Gasteiger partial charge in [0.05, 0.1) is 13.2 Å². The molecule has 0 fully saturated rings. The molecule has 0 heterocycles. The largest absolute Gasteiger partial charge is 0.496 e. The summed E-state index contributed by atoms with van der Waals surface area (Å²) in [6.07, 6.45) is 1.29. The van der Waals surface area contributed by atoms with Crippen molar-refractivity contribution in [3.05, 3.63) is 23.8 Å². The van der Waals surface area contributed by atoms with Crippen LogP contribution in [0.1, 0.15) is 32.3 Å². The smallest absolute Gasteiger partial charge is 0.319 e. The Labute approximate surface area is 126 Å². The summed E-state index contributed by atoms with van der Waals surface area (Å²) in [5, 5.41) is 15.4. The maximum Gasteiger partial charge on any atom is 0.319 e. The number of methoxy groups -OCH3 is 1. The van der Waals surface area contributed by atoms with Gasteiger partial charge < -0.3 is 20.5 Å². The van der Waals surface area contributed by atoms with Crippen molar-refractivity contribution in [1.82, 2.24) is 5.32 Å². The average molecular weight is 294 g/mol. The molecule has 0 radical (unpaired) electrons. The van der Waals surface area contributed by atoms with E-state index in [0.717, 1.165) is 24.2 Å². The van der Waals surface area contributed by atoms with Gasteiger partial charge in [0, 0.05) is 12.2 Å². The van der Waals surface area contributed by atoms with Crippen molar-refractivity contribution in [1.29, 1.82) is 0 Å². The molecule has 1 unspecified atom stereocenters. The number of anilines is 1. The molecule has 0 aliphatic rings. The second-order valence-electron chi connectivity index (χ2n) is 5.16. The molecule has 0 saturated heterocycles. The van der Waals surface area contributed by atoms with Crippen LogP contribution in [0.2, 0.25) is 0 Å². The molecule has 1 aromatic rings. The Morgan fingerprint density at radius 3 is 2.52 bits per heavy atom. The third-order valence-electron chi connectivity index (χ3n) is 3.72. The van der Waals surface area contributed by atoms with Crippen molar-refractivity contribution in [2.75, 3.05) is 19.0 Å². The average Bonchev–Trinajstić information content (AvgIpc) is 2.46. The Morgan fingerprint density at radius 1 is 1.33 bits per heavy atom. The van der Waals surface area contributed by atoms with Crippen molar-refractivity contribution in [2.24, 2.45) is 5.92 Å². The molecule has 0 aromatic heterocycles. The summed E-state index contributed by atoms with van der Waals surface area (Å²) in [5.41, 5.74) is 1.65. The van der Waals surface area contributed by atoms with E-state index < -0.39 is 6.10 Å². The predicted molar refractivity (Wildman–Crippen MR) is 84.8 cm³/mol. The summed E-state index contributed by atoms with van der Waals surface area (Å²) in [6, 6.07) is 5.12. The van der Waals surface area contributed by atoms with Gasteiger partial charge in [-0.25, -0.2) is 4.79 Å². The van der Waals surface area contributed by atoms with Gasteiger partial charge >= 0.3 is 6.03 Å². The minimum absolute atomic E-state index is 0.216. The van der Waals surface area contributed by atoms with E-state index in [1.54, 1.807) is 13.2 Å². The highest BCUT2D eigenvalue weighted by Gasteiger charge is 2.16. The number of aliphatic hydroxyl groups excluding tert-OH is 1. The first-order valence-electron chi connectivity index (χ1n) is 7.39. The number of aliphatic hydroxyl groups is 1. The molecule has 1 atom stereocenters. The predicted octanol–water partition coefficient (Wildman–Crippen LogP) is 2.92. The zero-order valence-corrected chi connectivity index (χ0v) is 13.3. The molecular weight excluding hydrogens is 268 g/mol. The second-order valence-corrected chi connectivity index (χ2v) is 5.16. The van der Waals surface area contributed by atoms with Crippen LogP contribution in [0.25, 0.3) is 0 Å². The minimum Gasteiger partial charge on any atom is -0.496 e. The van der Waals surface area contributed by atoms with Crippen LogP contribution in [0.4, 0.5) is 10.5 Å². The summed E-state index contributed by atoms with van der Waals surface area (Å²) in [7, 11) is 1.61. The molecular formula is C16H26N2O3. The molecule has 118 valence electrons. The molecule has 5 heteroatoms. The van der Waals surface area contributed by atoms with Gasteiger partial charge in [0.2, 0.25) is 0 Å². The van der Waals surface area contributed by atoms with Crippen LogP contribution in [0, 0.1) is 12.8 Å². The van der Waals surface area contributed by atoms with Crippen LogP contribution in [0.3, 0.4) is 0 Å². The Bertz CT molecular complexity index is 459. The SMILES string of the molecule is CCC(CC)C(O)CNC(=O)Nc1ccc(OC)c(C)c1. The minimum atomic E-state index is -0.511. The Hall–Kier alpha value is -1.75. The molecule has 21 heavy (non-hydrogen) atoms. The fraction of sp³-hybridized carbons (Fsp3) is 0.562.